The first-order valence-corrected chi connectivity index (χ1v) is 7.12. The van der Waals surface area contributed by atoms with Gasteiger partial charge in [-0.1, -0.05) is 0 Å². The SMILES string of the molecule is CSc1c(NCC(F)F)sc(C(=O)N(C)C)c1N. The second-order valence-electron chi connectivity index (χ2n) is 3.68. The normalized spacial score (nSPS) is 10.8. The van der Waals surface area contributed by atoms with Crippen molar-refractivity contribution in [1.29, 1.82) is 0 Å². The second kappa shape index (κ2) is 6.24. The van der Waals surface area contributed by atoms with E-state index in [1.807, 2.05) is 0 Å². The summed E-state index contributed by atoms with van der Waals surface area (Å²) in [4.78, 5) is 14.3. The van der Waals surface area contributed by atoms with Crippen LogP contribution in [0.1, 0.15) is 9.67 Å². The molecule has 102 valence electrons. The average molecular weight is 295 g/mol. The van der Waals surface area contributed by atoms with Crippen LogP contribution in [0.2, 0.25) is 0 Å². The van der Waals surface area contributed by atoms with Crippen molar-refractivity contribution >= 4 is 39.7 Å². The molecule has 1 rings (SSSR count). The molecule has 1 heterocycles. The number of thioether (sulfide) groups is 1. The van der Waals surface area contributed by atoms with Crippen LogP contribution < -0.4 is 11.1 Å². The molecule has 0 atom stereocenters. The maximum Gasteiger partial charge on any atom is 0.265 e. The Morgan fingerprint density at radius 3 is 2.61 bits per heavy atom. The van der Waals surface area contributed by atoms with Crippen molar-refractivity contribution in [3.63, 3.8) is 0 Å². The first-order chi connectivity index (χ1) is 8.38. The van der Waals surface area contributed by atoms with Gasteiger partial charge < -0.3 is 16.0 Å². The van der Waals surface area contributed by atoms with Gasteiger partial charge in [0.25, 0.3) is 12.3 Å². The number of nitrogens with one attached hydrogen (secondary N) is 1. The van der Waals surface area contributed by atoms with Crippen molar-refractivity contribution in [1.82, 2.24) is 4.90 Å². The van der Waals surface area contributed by atoms with E-state index in [-0.39, 0.29) is 5.91 Å². The molecule has 8 heteroatoms. The Labute approximate surface area is 113 Å². The fourth-order valence-electron chi connectivity index (χ4n) is 1.28. The van der Waals surface area contributed by atoms with E-state index in [0.717, 1.165) is 11.3 Å². The number of carbonyl (C=O) groups excluding carboxylic acids is 1. The van der Waals surface area contributed by atoms with Gasteiger partial charge in [0.2, 0.25) is 0 Å². The minimum absolute atomic E-state index is 0.224. The molecule has 0 aliphatic heterocycles. The molecule has 0 aromatic carbocycles. The highest BCUT2D eigenvalue weighted by atomic mass is 32.2. The summed E-state index contributed by atoms with van der Waals surface area (Å²) >= 11 is 2.44. The summed E-state index contributed by atoms with van der Waals surface area (Å²) in [7, 11) is 3.24. The number of nitrogens with two attached hydrogens (primary N) is 1. The van der Waals surface area contributed by atoms with Gasteiger partial charge in [-0.05, 0) is 6.26 Å². The molecule has 0 aliphatic rings. The van der Waals surface area contributed by atoms with Gasteiger partial charge in [-0.2, -0.15) is 0 Å². The zero-order chi connectivity index (χ0) is 13.9. The number of rotatable bonds is 5. The van der Waals surface area contributed by atoms with Gasteiger partial charge in [0.15, 0.2) is 0 Å². The van der Waals surface area contributed by atoms with Gasteiger partial charge in [0.1, 0.15) is 9.88 Å². The third-order valence-electron chi connectivity index (χ3n) is 2.12. The van der Waals surface area contributed by atoms with Crippen LogP contribution in [0.25, 0.3) is 0 Å². The van der Waals surface area contributed by atoms with Crippen molar-refractivity contribution in [2.45, 2.75) is 11.3 Å². The lowest BCUT2D eigenvalue weighted by Crippen LogP contribution is -2.21. The van der Waals surface area contributed by atoms with E-state index in [0.29, 0.717) is 20.5 Å². The number of halogens is 2. The summed E-state index contributed by atoms with van der Waals surface area (Å²) < 4.78 is 24.4. The summed E-state index contributed by atoms with van der Waals surface area (Å²) in [6, 6.07) is 0. The third-order valence-corrected chi connectivity index (χ3v) is 4.23. The first-order valence-electron chi connectivity index (χ1n) is 5.08. The summed E-state index contributed by atoms with van der Waals surface area (Å²) in [5.74, 6) is -0.224. The number of hydrogen-bond acceptors (Lipinski definition) is 5. The quantitative estimate of drug-likeness (QED) is 0.819. The van der Waals surface area contributed by atoms with E-state index in [1.165, 1.54) is 16.7 Å². The standard InChI is InChI=1S/C10H15F2N3OS2/c1-15(2)10(16)8-6(13)7(17-3)9(18-8)14-4-5(11)12/h5,14H,4,13H2,1-3H3. The maximum atomic E-state index is 12.2. The van der Waals surface area contributed by atoms with Gasteiger partial charge in [0, 0.05) is 14.1 Å². The predicted octanol–water partition coefficient (Wildman–Crippen LogP) is 2.43. The molecule has 0 aliphatic carbocycles. The summed E-state index contributed by atoms with van der Waals surface area (Å²) in [5, 5.41) is 3.13. The molecule has 18 heavy (non-hydrogen) atoms. The lowest BCUT2D eigenvalue weighted by molar-refractivity contribution is 0.0833. The molecule has 0 fully saturated rings. The molecular weight excluding hydrogens is 280 g/mol. The number of amides is 1. The Kier molecular flexibility index (Phi) is 5.21. The van der Waals surface area contributed by atoms with Crippen molar-refractivity contribution < 1.29 is 13.6 Å². The number of nitrogen functional groups attached to an aromatic ring is 1. The number of carbonyl (C=O) groups is 1. The minimum atomic E-state index is -2.45. The van der Waals surface area contributed by atoms with Gasteiger partial charge in [-0.25, -0.2) is 8.78 Å². The van der Waals surface area contributed by atoms with E-state index in [4.69, 9.17) is 5.73 Å². The van der Waals surface area contributed by atoms with Crippen LogP contribution in [0, 0.1) is 0 Å². The molecule has 1 amide bonds. The smallest absolute Gasteiger partial charge is 0.265 e. The largest absolute Gasteiger partial charge is 0.396 e. The van der Waals surface area contributed by atoms with Crippen LogP contribution in [0.15, 0.2) is 4.90 Å². The van der Waals surface area contributed by atoms with E-state index in [2.05, 4.69) is 5.32 Å². The van der Waals surface area contributed by atoms with E-state index < -0.39 is 13.0 Å². The molecule has 1 aromatic rings. The molecule has 0 bridgehead atoms. The summed E-state index contributed by atoms with van der Waals surface area (Å²) in [5.41, 5.74) is 6.22. The molecule has 0 saturated heterocycles. The minimum Gasteiger partial charge on any atom is -0.396 e. The van der Waals surface area contributed by atoms with Gasteiger partial charge in [0.05, 0.1) is 17.1 Å². The van der Waals surface area contributed by atoms with E-state index in [1.54, 1.807) is 20.4 Å². The van der Waals surface area contributed by atoms with E-state index in [9.17, 15) is 13.6 Å². The average Bonchev–Trinajstić information content (AvgIpc) is 2.61. The van der Waals surface area contributed by atoms with Crippen molar-refractivity contribution in [2.75, 3.05) is 37.9 Å². The Morgan fingerprint density at radius 2 is 2.17 bits per heavy atom. The fourth-order valence-corrected chi connectivity index (χ4v) is 3.34. The van der Waals surface area contributed by atoms with Crippen LogP contribution in [-0.4, -0.2) is 44.1 Å². The first kappa shape index (κ1) is 15.0. The molecule has 0 spiro atoms. The Bertz CT molecular complexity index is 435. The highest BCUT2D eigenvalue weighted by Crippen LogP contribution is 2.42. The number of alkyl halides is 2. The molecule has 0 unspecified atom stereocenters. The molecular formula is C10H15F2N3OS2. The Hall–Kier alpha value is -1.02. The molecule has 0 radical (unpaired) electrons. The second-order valence-corrected chi connectivity index (χ2v) is 5.52. The number of thiophene rings is 1. The monoisotopic (exact) mass is 295 g/mol. The summed E-state index contributed by atoms with van der Waals surface area (Å²) in [6.45, 7) is -0.455. The van der Waals surface area contributed by atoms with Crippen molar-refractivity contribution in [3.8, 4) is 0 Å². The lowest BCUT2D eigenvalue weighted by Gasteiger charge is -2.08. The predicted molar refractivity (Wildman–Crippen MR) is 73.0 cm³/mol. The van der Waals surface area contributed by atoms with Gasteiger partial charge in [-0.3, -0.25) is 4.79 Å². The van der Waals surface area contributed by atoms with Gasteiger partial charge in [-0.15, -0.1) is 23.1 Å². The van der Waals surface area contributed by atoms with Gasteiger partial charge >= 0.3 is 0 Å². The molecule has 1 aromatic heterocycles. The number of hydrogen-bond donors (Lipinski definition) is 2. The molecule has 4 nitrogen and oxygen atoms in total. The van der Waals surface area contributed by atoms with Crippen LogP contribution in [0.3, 0.4) is 0 Å². The molecule has 0 saturated carbocycles. The van der Waals surface area contributed by atoms with Crippen LogP contribution in [-0.2, 0) is 0 Å². The maximum absolute atomic E-state index is 12.2. The van der Waals surface area contributed by atoms with E-state index >= 15 is 0 Å². The summed E-state index contributed by atoms with van der Waals surface area (Å²) in [6.07, 6.45) is -0.661. The number of nitrogens with zero attached hydrogens (tertiary/aromatic N) is 1. The lowest BCUT2D eigenvalue weighted by atomic mass is 10.3. The van der Waals surface area contributed by atoms with Crippen molar-refractivity contribution in [3.05, 3.63) is 4.88 Å². The highest BCUT2D eigenvalue weighted by Gasteiger charge is 2.22. The van der Waals surface area contributed by atoms with Crippen molar-refractivity contribution in [2.24, 2.45) is 0 Å². The van der Waals surface area contributed by atoms with Crippen LogP contribution in [0.5, 0.6) is 0 Å². The number of anilines is 2. The zero-order valence-electron chi connectivity index (χ0n) is 10.3. The third kappa shape index (κ3) is 3.26. The fraction of sp³-hybridized carbons (Fsp3) is 0.500. The topological polar surface area (TPSA) is 58.4 Å². The van der Waals surface area contributed by atoms with Crippen LogP contribution >= 0.6 is 23.1 Å². The molecule has 3 N–H and O–H groups in total. The Morgan fingerprint density at radius 1 is 1.56 bits per heavy atom. The van der Waals surface area contributed by atoms with Crippen LogP contribution in [0.4, 0.5) is 19.5 Å². The highest BCUT2D eigenvalue weighted by molar-refractivity contribution is 7.99. The Balaban J connectivity index is 3.05. The zero-order valence-corrected chi connectivity index (χ0v) is 11.9.